The predicted molar refractivity (Wildman–Crippen MR) is 187 cm³/mol. The van der Waals surface area contributed by atoms with E-state index in [1.807, 2.05) is 13.1 Å². The van der Waals surface area contributed by atoms with Crippen molar-refractivity contribution < 1.29 is 59.9 Å². The number of esters is 4. The summed E-state index contributed by atoms with van der Waals surface area (Å²) >= 11 is 0. The standard InChI is InChI=1S/C30H54O13Si4/c1-11-27(31)35-15-19-39-46(9,40-20-16-36-28(32)12-2)25-23-44(5,6)43-45(7,8)24-26-47(10,41-21-17-37-29(33)13-3)42-22-18-38-30(34)14-4/h11-14H,1-4,15-26H2,5-10H3. The lowest BCUT2D eigenvalue weighted by atomic mass is 10.6. The van der Waals surface area contributed by atoms with Crippen LogP contribution in [0.2, 0.25) is 63.5 Å². The van der Waals surface area contributed by atoms with Gasteiger partial charge in [-0.15, -0.1) is 0 Å². The van der Waals surface area contributed by atoms with Gasteiger partial charge in [-0.05, 0) is 63.5 Å². The number of ether oxygens (including phenoxy) is 4. The fourth-order valence-electron chi connectivity index (χ4n) is 4.11. The minimum absolute atomic E-state index is 0.0553. The molecule has 0 N–H and O–H groups in total. The van der Waals surface area contributed by atoms with Crippen LogP contribution in [0, 0.1) is 0 Å². The normalized spacial score (nSPS) is 12.0. The molecule has 0 atom stereocenters. The van der Waals surface area contributed by atoms with Crippen molar-refractivity contribution in [3.8, 4) is 0 Å². The van der Waals surface area contributed by atoms with Crippen LogP contribution in [0.15, 0.2) is 50.6 Å². The fraction of sp³-hybridized carbons (Fsp3) is 0.600. The summed E-state index contributed by atoms with van der Waals surface area (Å²) in [6.07, 6.45) is 4.35. The lowest BCUT2D eigenvalue weighted by Crippen LogP contribution is -2.49. The number of carbonyl (C=O) groups excluding carboxylic acids is 4. The van der Waals surface area contributed by atoms with Crippen LogP contribution in [-0.2, 0) is 59.9 Å². The minimum atomic E-state index is -2.79. The summed E-state index contributed by atoms with van der Waals surface area (Å²) in [6, 6.07) is 2.73. The molecule has 0 saturated carbocycles. The van der Waals surface area contributed by atoms with E-state index in [-0.39, 0.29) is 52.9 Å². The number of hydrogen-bond acceptors (Lipinski definition) is 13. The van der Waals surface area contributed by atoms with Gasteiger partial charge >= 0.3 is 41.0 Å². The van der Waals surface area contributed by atoms with E-state index in [1.54, 1.807) is 0 Å². The molecule has 0 saturated heterocycles. The van der Waals surface area contributed by atoms with Gasteiger partial charge < -0.3 is 40.8 Å². The van der Waals surface area contributed by atoms with Gasteiger partial charge in [0.25, 0.3) is 0 Å². The quantitative estimate of drug-likeness (QED) is 0.0364. The van der Waals surface area contributed by atoms with E-state index in [2.05, 4.69) is 52.5 Å². The Kier molecular flexibility index (Phi) is 21.7. The number of carbonyl (C=O) groups is 4. The Bertz CT molecular complexity index is 913. The summed E-state index contributed by atoms with van der Waals surface area (Å²) in [4.78, 5) is 45.7. The van der Waals surface area contributed by atoms with Gasteiger partial charge in [0.2, 0.25) is 0 Å². The number of rotatable bonds is 28. The number of hydrogen-bond donors (Lipinski definition) is 0. The molecule has 0 aliphatic rings. The molecule has 0 aliphatic heterocycles. The highest BCUT2D eigenvalue weighted by Gasteiger charge is 2.41. The van der Waals surface area contributed by atoms with Crippen LogP contribution in [0.1, 0.15) is 0 Å². The van der Waals surface area contributed by atoms with Crippen LogP contribution in [0.5, 0.6) is 0 Å². The maximum Gasteiger partial charge on any atom is 0.334 e. The van der Waals surface area contributed by atoms with Crippen molar-refractivity contribution in [2.45, 2.75) is 63.5 Å². The van der Waals surface area contributed by atoms with Crippen molar-refractivity contribution in [3.63, 3.8) is 0 Å². The third-order valence-electron chi connectivity index (χ3n) is 6.52. The molecular formula is C30H54O13Si4. The van der Waals surface area contributed by atoms with E-state index in [9.17, 15) is 19.2 Å². The Morgan fingerprint density at radius 3 is 0.872 bits per heavy atom. The van der Waals surface area contributed by atoms with E-state index in [0.29, 0.717) is 12.1 Å². The molecule has 0 aliphatic carbocycles. The average Bonchev–Trinajstić information content (AvgIpc) is 3.03. The van der Waals surface area contributed by atoms with Crippen LogP contribution < -0.4 is 0 Å². The molecule has 0 aromatic heterocycles. The van der Waals surface area contributed by atoms with Gasteiger partial charge in [0.1, 0.15) is 26.4 Å². The zero-order valence-electron chi connectivity index (χ0n) is 28.9. The lowest BCUT2D eigenvalue weighted by Gasteiger charge is -2.37. The molecule has 13 nitrogen and oxygen atoms in total. The van der Waals surface area contributed by atoms with E-state index < -0.39 is 57.6 Å². The average molecular weight is 735 g/mol. The Hall–Kier alpha value is -2.49. The Balaban J connectivity index is 5.36. The molecule has 0 rings (SSSR count). The molecule has 0 heterocycles. The Morgan fingerprint density at radius 1 is 0.426 bits per heavy atom. The molecule has 268 valence electrons. The third-order valence-corrected chi connectivity index (χ3v) is 20.4. The Morgan fingerprint density at radius 2 is 0.660 bits per heavy atom. The smallest absolute Gasteiger partial charge is 0.334 e. The molecule has 0 radical (unpaired) electrons. The lowest BCUT2D eigenvalue weighted by molar-refractivity contribution is -0.140. The van der Waals surface area contributed by atoms with E-state index in [0.717, 1.165) is 36.4 Å². The SMILES string of the molecule is C=CC(=O)OCCO[Si](C)(CC[Si](C)(C)O[Si](C)(C)CC[Si](C)(OCCOC(=O)C=C)OCCOC(=O)C=C)OCCOC(=O)C=C. The summed E-state index contributed by atoms with van der Waals surface area (Å²) in [6.45, 7) is 26.8. The van der Waals surface area contributed by atoms with Gasteiger partial charge in [-0.3, -0.25) is 0 Å². The van der Waals surface area contributed by atoms with Crippen molar-refractivity contribution in [1.29, 1.82) is 0 Å². The molecule has 47 heavy (non-hydrogen) atoms. The van der Waals surface area contributed by atoms with Gasteiger partial charge in [-0.1, -0.05) is 26.3 Å². The second-order valence-corrected chi connectivity index (χ2v) is 27.3. The highest BCUT2D eigenvalue weighted by atomic mass is 28.4. The summed E-state index contributed by atoms with van der Waals surface area (Å²) in [5.74, 6) is -2.15. The molecule has 0 unspecified atom stereocenters. The van der Waals surface area contributed by atoms with E-state index in [1.165, 1.54) is 0 Å². The predicted octanol–water partition coefficient (Wildman–Crippen LogP) is 4.54. The van der Waals surface area contributed by atoms with E-state index >= 15 is 0 Å². The van der Waals surface area contributed by atoms with Crippen molar-refractivity contribution >= 4 is 57.6 Å². The van der Waals surface area contributed by atoms with Gasteiger partial charge in [0, 0.05) is 24.3 Å². The first-order valence-electron chi connectivity index (χ1n) is 15.4. The maximum atomic E-state index is 11.4. The Labute approximate surface area is 283 Å². The summed E-state index contributed by atoms with van der Waals surface area (Å²) in [7, 11) is -10.1. The van der Waals surface area contributed by atoms with Gasteiger partial charge in [0.05, 0.1) is 26.4 Å². The van der Waals surface area contributed by atoms with Crippen molar-refractivity contribution in [3.05, 3.63) is 50.6 Å². The van der Waals surface area contributed by atoms with Crippen LogP contribution >= 0.6 is 0 Å². The fourth-order valence-corrected chi connectivity index (χ4v) is 22.2. The zero-order valence-corrected chi connectivity index (χ0v) is 32.9. The molecule has 0 amide bonds. The van der Waals surface area contributed by atoms with Crippen LogP contribution in [0.4, 0.5) is 0 Å². The van der Waals surface area contributed by atoms with Crippen LogP contribution in [0.3, 0.4) is 0 Å². The second kappa shape index (κ2) is 23.0. The summed E-state index contributed by atoms with van der Waals surface area (Å²) < 4.78 is 51.6. The van der Waals surface area contributed by atoms with Crippen molar-refractivity contribution in [2.75, 3.05) is 52.9 Å². The van der Waals surface area contributed by atoms with Crippen molar-refractivity contribution in [2.24, 2.45) is 0 Å². The highest BCUT2D eigenvalue weighted by molar-refractivity contribution is 6.86. The van der Waals surface area contributed by atoms with Crippen LogP contribution in [0.25, 0.3) is 0 Å². The molecule has 0 aromatic rings. The first-order valence-corrected chi connectivity index (χ1v) is 26.6. The monoisotopic (exact) mass is 734 g/mol. The van der Waals surface area contributed by atoms with Crippen LogP contribution in [-0.4, -0.2) is 110 Å². The van der Waals surface area contributed by atoms with Crippen molar-refractivity contribution in [1.82, 2.24) is 0 Å². The topological polar surface area (TPSA) is 151 Å². The summed E-state index contributed by atoms with van der Waals surface area (Å²) in [5, 5.41) is 0. The minimum Gasteiger partial charge on any atom is -0.460 e. The van der Waals surface area contributed by atoms with E-state index in [4.69, 9.17) is 40.8 Å². The molecular weight excluding hydrogens is 681 g/mol. The third kappa shape index (κ3) is 22.7. The zero-order chi connectivity index (χ0) is 36.0. The van der Waals surface area contributed by atoms with Gasteiger partial charge in [-0.2, -0.15) is 0 Å². The first-order chi connectivity index (χ1) is 21.9. The molecule has 0 spiro atoms. The first kappa shape index (κ1) is 44.5. The molecule has 0 fully saturated rings. The molecule has 0 bridgehead atoms. The molecule has 0 aromatic carbocycles. The molecule has 17 heteroatoms. The highest BCUT2D eigenvalue weighted by Crippen LogP contribution is 2.30. The second-order valence-electron chi connectivity index (χ2n) is 11.8. The summed E-state index contributed by atoms with van der Waals surface area (Å²) in [5.41, 5.74) is 0. The maximum absolute atomic E-state index is 11.4. The van der Waals surface area contributed by atoms with Gasteiger partial charge in [-0.25, -0.2) is 19.2 Å². The largest absolute Gasteiger partial charge is 0.460 e. The van der Waals surface area contributed by atoms with Gasteiger partial charge in [0.15, 0.2) is 16.6 Å².